The number of hydrogen-bond acceptors (Lipinski definition) is 3. The molecule has 102 valence electrons. The van der Waals surface area contributed by atoms with Gasteiger partial charge in [0.05, 0.1) is 28.7 Å². The largest absolute Gasteiger partial charge is 0.416 e. The van der Waals surface area contributed by atoms with Crippen molar-refractivity contribution in [2.75, 3.05) is 5.32 Å². The summed E-state index contributed by atoms with van der Waals surface area (Å²) in [7, 11) is 0. The van der Waals surface area contributed by atoms with Gasteiger partial charge in [-0.2, -0.15) is 18.4 Å². The lowest BCUT2D eigenvalue weighted by atomic mass is 10.1. The Kier molecular flexibility index (Phi) is 3.95. The van der Waals surface area contributed by atoms with E-state index in [2.05, 4.69) is 26.2 Å². The third-order valence-electron chi connectivity index (χ3n) is 2.45. The van der Waals surface area contributed by atoms with Gasteiger partial charge in [0.1, 0.15) is 6.07 Å². The second kappa shape index (κ2) is 5.51. The molecule has 0 aliphatic carbocycles. The SMILES string of the molecule is N#Cc1cc(C(F)(F)F)ccc1Nc1cncc(Br)c1. The van der Waals surface area contributed by atoms with Gasteiger partial charge in [-0.1, -0.05) is 0 Å². The minimum absolute atomic E-state index is 0.0835. The molecular formula is C13H7BrF3N3. The van der Waals surface area contributed by atoms with Gasteiger partial charge in [-0.15, -0.1) is 0 Å². The molecule has 0 aliphatic rings. The van der Waals surface area contributed by atoms with E-state index in [1.165, 1.54) is 12.3 Å². The van der Waals surface area contributed by atoms with E-state index in [1.807, 2.05) is 0 Å². The fourth-order valence-corrected chi connectivity index (χ4v) is 1.92. The van der Waals surface area contributed by atoms with E-state index in [0.717, 1.165) is 12.1 Å². The lowest BCUT2D eigenvalue weighted by Gasteiger charge is -2.11. The van der Waals surface area contributed by atoms with Crippen molar-refractivity contribution in [3.63, 3.8) is 0 Å². The summed E-state index contributed by atoms with van der Waals surface area (Å²) in [5.41, 5.74) is -0.0807. The van der Waals surface area contributed by atoms with Crippen molar-refractivity contribution in [3.8, 4) is 6.07 Å². The smallest absolute Gasteiger partial charge is 0.353 e. The van der Waals surface area contributed by atoms with Crippen molar-refractivity contribution in [3.05, 3.63) is 52.3 Å². The number of pyridine rings is 1. The standard InChI is InChI=1S/C13H7BrF3N3/c14-10-4-11(7-19-6-10)20-12-2-1-9(13(15,16)17)3-8(12)5-18/h1-4,6-7,20H. The Hall–Kier alpha value is -2.07. The van der Waals surface area contributed by atoms with Crippen LogP contribution in [-0.2, 0) is 6.18 Å². The Bertz CT molecular complexity index is 677. The topological polar surface area (TPSA) is 48.7 Å². The van der Waals surface area contributed by atoms with Gasteiger partial charge >= 0.3 is 6.18 Å². The highest BCUT2D eigenvalue weighted by Gasteiger charge is 2.31. The minimum Gasteiger partial charge on any atom is -0.353 e. The minimum atomic E-state index is -4.47. The first-order chi connectivity index (χ1) is 9.40. The van der Waals surface area contributed by atoms with E-state index in [4.69, 9.17) is 5.26 Å². The Morgan fingerprint density at radius 2 is 1.95 bits per heavy atom. The number of rotatable bonds is 2. The van der Waals surface area contributed by atoms with Gasteiger partial charge in [0.2, 0.25) is 0 Å². The Morgan fingerprint density at radius 1 is 1.20 bits per heavy atom. The summed E-state index contributed by atoms with van der Waals surface area (Å²) in [4.78, 5) is 3.92. The number of halogens is 4. The number of nitrogens with one attached hydrogen (secondary N) is 1. The van der Waals surface area contributed by atoms with Crippen LogP contribution < -0.4 is 5.32 Å². The zero-order valence-electron chi connectivity index (χ0n) is 9.87. The zero-order chi connectivity index (χ0) is 14.8. The lowest BCUT2D eigenvalue weighted by Crippen LogP contribution is -2.06. The number of hydrogen-bond donors (Lipinski definition) is 1. The molecule has 2 aromatic rings. The van der Waals surface area contributed by atoms with Crippen molar-refractivity contribution in [1.82, 2.24) is 4.98 Å². The van der Waals surface area contributed by atoms with Crippen molar-refractivity contribution >= 4 is 27.3 Å². The molecule has 0 saturated carbocycles. The van der Waals surface area contributed by atoms with E-state index < -0.39 is 11.7 Å². The monoisotopic (exact) mass is 341 g/mol. The second-order valence-electron chi connectivity index (χ2n) is 3.89. The van der Waals surface area contributed by atoms with Gasteiger partial charge < -0.3 is 5.32 Å². The highest BCUT2D eigenvalue weighted by atomic mass is 79.9. The average Bonchev–Trinajstić information content (AvgIpc) is 2.38. The molecule has 0 unspecified atom stereocenters. The van der Waals surface area contributed by atoms with Crippen LogP contribution in [0.2, 0.25) is 0 Å². The van der Waals surface area contributed by atoms with Crippen molar-refractivity contribution < 1.29 is 13.2 Å². The van der Waals surface area contributed by atoms with Gasteiger partial charge in [0.25, 0.3) is 0 Å². The van der Waals surface area contributed by atoms with Crippen LogP contribution in [0.3, 0.4) is 0 Å². The number of aromatic nitrogens is 1. The molecule has 1 aromatic heterocycles. The Labute approximate surface area is 121 Å². The molecule has 0 fully saturated rings. The summed E-state index contributed by atoms with van der Waals surface area (Å²) in [6.07, 6.45) is -1.39. The predicted molar refractivity (Wildman–Crippen MR) is 71.4 cm³/mol. The average molecular weight is 342 g/mol. The molecule has 3 nitrogen and oxygen atoms in total. The first kappa shape index (κ1) is 14.3. The summed E-state index contributed by atoms with van der Waals surface area (Å²) >= 11 is 3.23. The van der Waals surface area contributed by atoms with Crippen LogP contribution in [0, 0.1) is 11.3 Å². The fourth-order valence-electron chi connectivity index (χ4n) is 1.56. The number of nitriles is 1. The molecule has 0 bridgehead atoms. The Morgan fingerprint density at radius 3 is 2.55 bits per heavy atom. The number of benzene rings is 1. The van der Waals surface area contributed by atoms with Crippen LogP contribution in [-0.4, -0.2) is 4.98 Å². The number of anilines is 2. The highest BCUT2D eigenvalue weighted by molar-refractivity contribution is 9.10. The molecule has 0 aliphatic heterocycles. The molecule has 1 aromatic carbocycles. The predicted octanol–water partition coefficient (Wildman–Crippen LogP) is 4.48. The summed E-state index contributed by atoms with van der Waals surface area (Å²) < 4.78 is 38.4. The highest BCUT2D eigenvalue weighted by Crippen LogP contribution is 2.32. The summed E-state index contributed by atoms with van der Waals surface area (Å²) in [6.45, 7) is 0. The van der Waals surface area contributed by atoms with Gasteiger partial charge in [-0.05, 0) is 40.2 Å². The number of alkyl halides is 3. The van der Waals surface area contributed by atoms with Crippen LogP contribution >= 0.6 is 15.9 Å². The van der Waals surface area contributed by atoms with E-state index in [-0.39, 0.29) is 5.56 Å². The van der Waals surface area contributed by atoms with Gasteiger partial charge in [-0.25, -0.2) is 0 Å². The van der Waals surface area contributed by atoms with Crippen molar-refractivity contribution in [2.24, 2.45) is 0 Å². The third kappa shape index (κ3) is 3.27. The van der Waals surface area contributed by atoms with Crippen LogP contribution in [0.4, 0.5) is 24.5 Å². The van der Waals surface area contributed by atoms with Gasteiger partial charge in [-0.3, -0.25) is 4.98 Å². The molecule has 0 atom stereocenters. The summed E-state index contributed by atoms with van der Waals surface area (Å²) in [5, 5.41) is 11.8. The van der Waals surface area contributed by atoms with E-state index in [1.54, 1.807) is 18.3 Å². The van der Waals surface area contributed by atoms with Crippen LogP contribution in [0.15, 0.2) is 41.1 Å². The lowest BCUT2D eigenvalue weighted by molar-refractivity contribution is -0.137. The molecule has 1 N–H and O–H groups in total. The summed E-state index contributed by atoms with van der Waals surface area (Å²) in [6, 6.07) is 6.41. The van der Waals surface area contributed by atoms with Crippen molar-refractivity contribution in [1.29, 1.82) is 5.26 Å². The molecule has 2 rings (SSSR count). The maximum Gasteiger partial charge on any atom is 0.416 e. The molecule has 7 heteroatoms. The summed E-state index contributed by atoms with van der Waals surface area (Å²) in [5.74, 6) is 0. The van der Waals surface area contributed by atoms with Crippen LogP contribution in [0.5, 0.6) is 0 Å². The zero-order valence-corrected chi connectivity index (χ0v) is 11.5. The molecular weight excluding hydrogens is 335 g/mol. The van der Waals surface area contributed by atoms with Gasteiger partial charge in [0, 0.05) is 10.7 Å². The van der Waals surface area contributed by atoms with Crippen LogP contribution in [0.25, 0.3) is 0 Å². The first-order valence-corrected chi connectivity index (χ1v) is 6.18. The quantitative estimate of drug-likeness (QED) is 0.876. The number of nitrogens with zero attached hydrogens (tertiary/aromatic N) is 2. The first-order valence-electron chi connectivity index (χ1n) is 5.39. The van der Waals surface area contributed by atoms with E-state index >= 15 is 0 Å². The molecule has 0 amide bonds. The molecule has 0 saturated heterocycles. The second-order valence-corrected chi connectivity index (χ2v) is 4.80. The normalized spacial score (nSPS) is 10.9. The van der Waals surface area contributed by atoms with E-state index in [9.17, 15) is 13.2 Å². The molecule has 20 heavy (non-hydrogen) atoms. The fraction of sp³-hybridized carbons (Fsp3) is 0.0769. The molecule has 1 heterocycles. The van der Waals surface area contributed by atoms with Crippen LogP contribution in [0.1, 0.15) is 11.1 Å². The maximum atomic E-state index is 12.6. The molecule has 0 radical (unpaired) electrons. The van der Waals surface area contributed by atoms with E-state index in [0.29, 0.717) is 15.8 Å². The third-order valence-corrected chi connectivity index (χ3v) is 2.88. The van der Waals surface area contributed by atoms with Gasteiger partial charge in [0.15, 0.2) is 0 Å². The Balaban J connectivity index is 2.36. The maximum absolute atomic E-state index is 12.6. The molecule has 0 spiro atoms. The van der Waals surface area contributed by atoms with Crippen molar-refractivity contribution in [2.45, 2.75) is 6.18 Å².